The zero-order valence-electron chi connectivity index (χ0n) is 15.7. The molecule has 28 heavy (non-hydrogen) atoms. The minimum atomic E-state index is -0.164. The van der Waals surface area contributed by atoms with Crippen molar-refractivity contribution in [3.8, 4) is 16.3 Å². The molecule has 3 aromatic carbocycles. The lowest BCUT2D eigenvalue weighted by molar-refractivity contribution is 0.102. The predicted octanol–water partition coefficient (Wildman–Crippen LogP) is 5.79. The van der Waals surface area contributed by atoms with Gasteiger partial charge in [-0.05, 0) is 54.4 Å². The number of carbonyl (C=O) groups excluding carboxylic acids is 1. The summed E-state index contributed by atoms with van der Waals surface area (Å²) >= 11 is 1.63. The number of ether oxygens (including phenoxy) is 1. The molecular formula is C23H20N2O2S. The minimum Gasteiger partial charge on any atom is -0.495 e. The summed E-state index contributed by atoms with van der Waals surface area (Å²) in [6.45, 7) is 2.09. The van der Waals surface area contributed by atoms with Gasteiger partial charge in [0.25, 0.3) is 5.91 Å². The van der Waals surface area contributed by atoms with Gasteiger partial charge in [-0.3, -0.25) is 4.79 Å². The summed E-state index contributed by atoms with van der Waals surface area (Å²) in [7, 11) is 1.60. The molecule has 140 valence electrons. The molecule has 0 unspecified atom stereocenters. The SMILES string of the molecule is CCc1ccc(C(=O)Nc2cc(-c3nc4ccccc4s3)ccc2OC)cc1. The molecular weight excluding hydrogens is 368 g/mol. The van der Waals surface area contributed by atoms with E-state index in [1.54, 1.807) is 18.4 Å². The molecule has 0 aliphatic heterocycles. The van der Waals surface area contributed by atoms with Crippen molar-refractivity contribution in [2.75, 3.05) is 12.4 Å². The minimum absolute atomic E-state index is 0.164. The Kier molecular flexibility index (Phi) is 5.08. The highest BCUT2D eigenvalue weighted by Gasteiger charge is 2.13. The lowest BCUT2D eigenvalue weighted by Crippen LogP contribution is -2.12. The second kappa shape index (κ2) is 7.82. The predicted molar refractivity (Wildman–Crippen MR) is 115 cm³/mol. The van der Waals surface area contributed by atoms with Crippen LogP contribution in [0, 0.1) is 0 Å². The Bertz CT molecular complexity index is 1100. The van der Waals surface area contributed by atoms with Crippen LogP contribution in [-0.2, 0) is 6.42 Å². The van der Waals surface area contributed by atoms with Crippen LogP contribution in [0.2, 0.25) is 0 Å². The normalized spacial score (nSPS) is 10.8. The highest BCUT2D eigenvalue weighted by molar-refractivity contribution is 7.21. The number of methoxy groups -OCH3 is 1. The summed E-state index contributed by atoms with van der Waals surface area (Å²) in [5.41, 5.74) is 4.36. The first-order chi connectivity index (χ1) is 13.7. The lowest BCUT2D eigenvalue weighted by Gasteiger charge is -2.12. The highest BCUT2D eigenvalue weighted by Crippen LogP contribution is 2.35. The van der Waals surface area contributed by atoms with Gasteiger partial charge in [0.05, 0.1) is 23.0 Å². The molecule has 1 N–H and O–H groups in total. The molecule has 0 fully saturated rings. The molecule has 4 aromatic rings. The summed E-state index contributed by atoms with van der Waals surface area (Å²) in [5.74, 6) is 0.450. The second-order valence-corrected chi connectivity index (χ2v) is 7.44. The molecule has 1 aromatic heterocycles. The van der Waals surface area contributed by atoms with E-state index in [0.717, 1.165) is 27.2 Å². The maximum Gasteiger partial charge on any atom is 0.255 e. The van der Waals surface area contributed by atoms with Gasteiger partial charge < -0.3 is 10.1 Å². The van der Waals surface area contributed by atoms with Gasteiger partial charge in [-0.15, -0.1) is 11.3 Å². The number of aryl methyl sites for hydroxylation is 1. The number of nitrogens with one attached hydrogen (secondary N) is 1. The number of amides is 1. The number of para-hydroxylation sites is 1. The maximum atomic E-state index is 12.7. The molecule has 1 amide bonds. The summed E-state index contributed by atoms with van der Waals surface area (Å²) in [5, 5.41) is 3.88. The number of thiazole rings is 1. The molecule has 0 aliphatic carbocycles. The quantitative estimate of drug-likeness (QED) is 0.471. The Balaban J connectivity index is 1.65. The molecule has 0 bridgehead atoms. The molecule has 0 atom stereocenters. The van der Waals surface area contributed by atoms with E-state index in [1.165, 1.54) is 5.56 Å². The van der Waals surface area contributed by atoms with E-state index >= 15 is 0 Å². The van der Waals surface area contributed by atoms with Crippen molar-refractivity contribution in [3.63, 3.8) is 0 Å². The van der Waals surface area contributed by atoms with E-state index in [1.807, 2.05) is 60.7 Å². The molecule has 4 rings (SSSR count). The topological polar surface area (TPSA) is 51.2 Å². The van der Waals surface area contributed by atoms with Gasteiger partial charge >= 0.3 is 0 Å². The van der Waals surface area contributed by atoms with Crippen LogP contribution in [-0.4, -0.2) is 18.0 Å². The van der Waals surface area contributed by atoms with Crippen LogP contribution in [0.3, 0.4) is 0 Å². The fourth-order valence-electron chi connectivity index (χ4n) is 3.02. The second-order valence-electron chi connectivity index (χ2n) is 6.41. The fourth-order valence-corrected chi connectivity index (χ4v) is 3.98. The zero-order chi connectivity index (χ0) is 19.5. The van der Waals surface area contributed by atoms with Gasteiger partial charge in [0.2, 0.25) is 0 Å². The first-order valence-corrected chi connectivity index (χ1v) is 9.94. The molecule has 0 aliphatic rings. The number of hydrogen-bond acceptors (Lipinski definition) is 4. The Morgan fingerprint density at radius 3 is 2.57 bits per heavy atom. The van der Waals surface area contributed by atoms with E-state index in [2.05, 4.69) is 18.3 Å². The van der Waals surface area contributed by atoms with E-state index in [4.69, 9.17) is 9.72 Å². The molecule has 0 saturated carbocycles. The summed E-state index contributed by atoms with van der Waals surface area (Å²) in [4.78, 5) is 17.4. The van der Waals surface area contributed by atoms with Gasteiger partial charge in [-0.2, -0.15) is 0 Å². The molecule has 4 nitrogen and oxygen atoms in total. The molecule has 1 heterocycles. The van der Waals surface area contributed by atoms with Gasteiger partial charge in [-0.1, -0.05) is 31.2 Å². The molecule has 0 saturated heterocycles. The summed E-state index contributed by atoms with van der Waals surface area (Å²) in [6, 6.07) is 21.4. The van der Waals surface area contributed by atoms with Crippen LogP contribution in [0.4, 0.5) is 5.69 Å². The third-order valence-electron chi connectivity index (χ3n) is 4.61. The molecule has 0 spiro atoms. The number of nitrogens with zero attached hydrogens (tertiary/aromatic N) is 1. The smallest absolute Gasteiger partial charge is 0.255 e. The van der Waals surface area contributed by atoms with E-state index in [0.29, 0.717) is 17.0 Å². The van der Waals surface area contributed by atoms with Gasteiger partial charge in [0.15, 0.2) is 0 Å². The Labute approximate surface area is 167 Å². The van der Waals surface area contributed by atoms with Crippen LogP contribution < -0.4 is 10.1 Å². The van der Waals surface area contributed by atoms with E-state index in [-0.39, 0.29) is 5.91 Å². The largest absolute Gasteiger partial charge is 0.495 e. The van der Waals surface area contributed by atoms with Gasteiger partial charge in [-0.25, -0.2) is 4.98 Å². The Morgan fingerprint density at radius 2 is 1.86 bits per heavy atom. The van der Waals surface area contributed by atoms with Crippen LogP contribution in [0.25, 0.3) is 20.8 Å². The van der Waals surface area contributed by atoms with Crippen molar-refractivity contribution in [2.24, 2.45) is 0 Å². The van der Waals surface area contributed by atoms with Crippen molar-refractivity contribution in [1.29, 1.82) is 0 Å². The lowest BCUT2D eigenvalue weighted by atomic mass is 10.1. The number of fused-ring (bicyclic) bond motifs is 1. The first kappa shape index (κ1) is 18.2. The number of rotatable bonds is 5. The van der Waals surface area contributed by atoms with Gasteiger partial charge in [0, 0.05) is 11.1 Å². The highest BCUT2D eigenvalue weighted by atomic mass is 32.1. The number of hydrogen-bond donors (Lipinski definition) is 1. The van der Waals surface area contributed by atoms with Gasteiger partial charge in [0.1, 0.15) is 10.8 Å². The van der Waals surface area contributed by atoms with Crippen LogP contribution in [0.1, 0.15) is 22.8 Å². The third kappa shape index (κ3) is 3.62. The van der Waals surface area contributed by atoms with Crippen LogP contribution in [0.15, 0.2) is 66.7 Å². The van der Waals surface area contributed by atoms with Crippen LogP contribution >= 0.6 is 11.3 Å². The molecule has 0 radical (unpaired) electrons. The number of aromatic nitrogens is 1. The van der Waals surface area contributed by atoms with Crippen molar-refractivity contribution in [3.05, 3.63) is 77.9 Å². The van der Waals surface area contributed by atoms with Crippen molar-refractivity contribution < 1.29 is 9.53 Å². The van der Waals surface area contributed by atoms with E-state index < -0.39 is 0 Å². The average molecular weight is 388 g/mol. The monoisotopic (exact) mass is 388 g/mol. The zero-order valence-corrected chi connectivity index (χ0v) is 16.5. The van der Waals surface area contributed by atoms with Crippen molar-refractivity contribution in [2.45, 2.75) is 13.3 Å². The Morgan fingerprint density at radius 1 is 1.07 bits per heavy atom. The van der Waals surface area contributed by atoms with Crippen molar-refractivity contribution in [1.82, 2.24) is 4.98 Å². The van der Waals surface area contributed by atoms with E-state index in [9.17, 15) is 4.79 Å². The summed E-state index contributed by atoms with van der Waals surface area (Å²) in [6.07, 6.45) is 0.944. The summed E-state index contributed by atoms with van der Waals surface area (Å²) < 4.78 is 6.57. The number of carbonyl (C=O) groups is 1. The maximum absolute atomic E-state index is 12.7. The molecule has 5 heteroatoms. The average Bonchev–Trinajstić information content (AvgIpc) is 3.18. The standard InChI is InChI=1S/C23H20N2O2S/c1-3-15-8-10-16(11-9-15)22(26)24-19-14-17(12-13-20(19)27-2)23-25-18-6-4-5-7-21(18)28-23/h4-14H,3H2,1-2H3,(H,24,26). The Hall–Kier alpha value is -3.18. The third-order valence-corrected chi connectivity index (χ3v) is 5.70. The number of benzene rings is 3. The van der Waals surface area contributed by atoms with Crippen LogP contribution in [0.5, 0.6) is 5.75 Å². The first-order valence-electron chi connectivity index (χ1n) is 9.12. The fraction of sp³-hybridized carbons (Fsp3) is 0.130. The van der Waals surface area contributed by atoms with Crippen molar-refractivity contribution >= 4 is 33.1 Å². The number of anilines is 1.